The molecule has 0 radical (unpaired) electrons. The fraction of sp³-hybridized carbons (Fsp3) is 1.00. The molecule has 0 atom stereocenters. The minimum atomic E-state index is -0.509. The normalized spacial score (nSPS) is 29.2. The van der Waals surface area contributed by atoms with Crippen molar-refractivity contribution in [2.75, 3.05) is 0 Å². The summed E-state index contributed by atoms with van der Waals surface area (Å²) in [5, 5.41) is 0. The fourth-order valence-electron chi connectivity index (χ4n) is 4.86. The van der Waals surface area contributed by atoms with Crippen LogP contribution in [0.3, 0.4) is 0 Å². The summed E-state index contributed by atoms with van der Waals surface area (Å²) in [6.45, 7) is 0. The topological polar surface area (TPSA) is 3.24 Å². The molecule has 3 aliphatic rings. The van der Waals surface area contributed by atoms with E-state index in [1.165, 1.54) is 38.5 Å². The van der Waals surface area contributed by atoms with Crippen molar-refractivity contribution in [2.45, 2.75) is 101 Å². The first kappa shape index (κ1) is 13.2. The second-order valence-corrected chi connectivity index (χ2v) is 10.0. The number of nitrogens with zero attached hydrogens (tertiary/aromatic N) is 1. The number of hydrogen-bond acceptors (Lipinski definition) is 1. The third kappa shape index (κ3) is 3.01. The van der Waals surface area contributed by atoms with E-state index in [1.54, 1.807) is 50.6 Å². The standard InChI is InChI=1S/C16H31NSi/c1-3-9-15(10-4-1)17(18-13-7-8-14-18)16-11-5-2-6-12-16/h15-16,18H,1-14H2. The van der Waals surface area contributed by atoms with E-state index in [0.717, 1.165) is 12.1 Å². The Morgan fingerprint density at radius 3 is 1.44 bits per heavy atom. The monoisotopic (exact) mass is 265 g/mol. The van der Waals surface area contributed by atoms with Gasteiger partial charge in [0.1, 0.15) is 8.96 Å². The molecule has 2 aliphatic carbocycles. The van der Waals surface area contributed by atoms with Crippen molar-refractivity contribution in [1.29, 1.82) is 0 Å². The van der Waals surface area contributed by atoms with Gasteiger partial charge in [0, 0.05) is 12.1 Å². The summed E-state index contributed by atoms with van der Waals surface area (Å²) in [6, 6.07) is 5.34. The molecule has 0 unspecified atom stereocenters. The minimum absolute atomic E-state index is 0.509. The summed E-state index contributed by atoms with van der Waals surface area (Å²) in [4.78, 5) is 0. The zero-order valence-corrected chi connectivity index (χ0v) is 13.2. The maximum atomic E-state index is 3.20. The molecule has 1 saturated heterocycles. The summed E-state index contributed by atoms with van der Waals surface area (Å²) in [5.41, 5.74) is 0. The molecule has 18 heavy (non-hydrogen) atoms. The van der Waals surface area contributed by atoms with Gasteiger partial charge in [0.2, 0.25) is 0 Å². The van der Waals surface area contributed by atoms with Crippen molar-refractivity contribution in [3.63, 3.8) is 0 Å². The highest BCUT2D eigenvalue weighted by Crippen LogP contribution is 2.35. The van der Waals surface area contributed by atoms with Crippen LogP contribution in [0.15, 0.2) is 0 Å². The van der Waals surface area contributed by atoms with Crippen molar-refractivity contribution >= 4 is 8.96 Å². The lowest BCUT2D eigenvalue weighted by molar-refractivity contribution is 0.165. The Hall–Kier alpha value is 0.177. The molecule has 0 N–H and O–H groups in total. The number of rotatable bonds is 3. The van der Waals surface area contributed by atoms with Gasteiger partial charge in [-0.3, -0.25) is 0 Å². The highest BCUT2D eigenvalue weighted by molar-refractivity contribution is 6.56. The lowest BCUT2D eigenvalue weighted by Gasteiger charge is -2.45. The highest BCUT2D eigenvalue weighted by atomic mass is 28.3. The van der Waals surface area contributed by atoms with Crippen LogP contribution in [-0.2, 0) is 0 Å². The molecule has 3 rings (SSSR count). The molecule has 0 aromatic rings. The zero-order chi connectivity index (χ0) is 12.2. The van der Waals surface area contributed by atoms with Gasteiger partial charge in [-0.05, 0) is 37.8 Å². The number of hydrogen-bond donors (Lipinski definition) is 0. The van der Waals surface area contributed by atoms with Crippen LogP contribution in [0, 0.1) is 0 Å². The molecule has 2 saturated carbocycles. The van der Waals surface area contributed by atoms with Gasteiger partial charge < -0.3 is 4.57 Å². The van der Waals surface area contributed by atoms with Gasteiger partial charge >= 0.3 is 0 Å². The predicted octanol–water partition coefficient (Wildman–Crippen LogP) is 4.47. The van der Waals surface area contributed by atoms with Crippen molar-refractivity contribution in [2.24, 2.45) is 0 Å². The Bertz CT molecular complexity index is 219. The second-order valence-electron chi connectivity index (χ2n) is 6.97. The van der Waals surface area contributed by atoms with Gasteiger partial charge in [-0.1, -0.05) is 51.4 Å². The highest BCUT2D eigenvalue weighted by Gasteiger charge is 2.35. The van der Waals surface area contributed by atoms with Crippen molar-refractivity contribution in [1.82, 2.24) is 4.57 Å². The molecule has 1 heterocycles. The largest absolute Gasteiger partial charge is 0.321 e. The molecule has 0 amide bonds. The predicted molar refractivity (Wildman–Crippen MR) is 81.6 cm³/mol. The summed E-state index contributed by atoms with van der Waals surface area (Å²) >= 11 is 0. The van der Waals surface area contributed by atoms with Crippen molar-refractivity contribution in [3.8, 4) is 0 Å². The Labute approximate surface area is 115 Å². The average Bonchev–Trinajstić information content (AvgIpc) is 2.95. The molecular formula is C16H31NSi. The molecule has 2 heteroatoms. The van der Waals surface area contributed by atoms with Crippen LogP contribution >= 0.6 is 0 Å². The van der Waals surface area contributed by atoms with E-state index in [-0.39, 0.29) is 0 Å². The van der Waals surface area contributed by atoms with Crippen LogP contribution in [0.5, 0.6) is 0 Å². The van der Waals surface area contributed by atoms with E-state index in [0.29, 0.717) is 0 Å². The van der Waals surface area contributed by atoms with E-state index in [1.807, 2.05) is 0 Å². The molecule has 104 valence electrons. The SMILES string of the molecule is C1CCC(N(C2CCCCC2)[SiH]2CCCC2)CC1. The van der Waals surface area contributed by atoms with Gasteiger partial charge in [0.25, 0.3) is 0 Å². The van der Waals surface area contributed by atoms with E-state index in [4.69, 9.17) is 0 Å². The van der Waals surface area contributed by atoms with Gasteiger partial charge in [-0.15, -0.1) is 0 Å². The first-order valence-corrected chi connectivity index (χ1v) is 10.9. The first-order chi connectivity index (χ1) is 8.95. The minimum Gasteiger partial charge on any atom is -0.321 e. The Morgan fingerprint density at radius 1 is 0.556 bits per heavy atom. The Morgan fingerprint density at radius 2 is 1.00 bits per heavy atom. The van der Waals surface area contributed by atoms with Gasteiger partial charge in [0.05, 0.1) is 0 Å². The first-order valence-electron chi connectivity index (χ1n) is 8.72. The fourth-order valence-corrected chi connectivity index (χ4v) is 9.05. The average molecular weight is 266 g/mol. The van der Waals surface area contributed by atoms with Gasteiger partial charge in [-0.2, -0.15) is 0 Å². The smallest absolute Gasteiger partial charge is 0.112 e. The molecule has 1 aliphatic heterocycles. The van der Waals surface area contributed by atoms with Gasteiger partial charge in [0.15, 0.2) is 0 Å². The molecule has 0 aromatic heterocycles. The summed E-state index contributed by atoms with van der Waals surface area (Å²) in [5.74, 6) is 0. The Balaban J connectivity index is 1.68. The van der Waals surface area contributed by atoms with Crippen molar-refractivity contribution in [3.05, 3.63) is 0 Å². The van der Waals surface area contributed by atoms with E-state index < -0.39 is 8.96 Å². The molecular weight excluding hydrogens is 234 g/mol. The maximum Gasteiger partial charge on any atom is 0.112 e. The van der Waals surface area contributed by atoms with E-state index in [2.05, 4.69) is 4.57 Å². The van der Waals surface area contributed by atoms with Gasteiger partial charge in [-0.25, -0.2) is 0 Å². The van der Waals surface area contributed by atoms with Crippen LogP contribution < -0.4 is 0 Å². The van der Waals surface area contributed by atoms with Crippen LogP contribution in [0.4, 0.5) is 0 Å². The van der Waals surface area contributed by atoms with E-state index >= 15 is 0 Å². The summed E-state index contributed by atoms with van der Waals surface area (Å²) in [6.07, 6.45) is 18.4. The van der Waals surface area contributed by atoms with Crippen LogP contribution in [0.25, 0.3) is 0 Å². The summed E-state index contributed by atoms with van der Waals surface area (Å²) < 4.78 is 3.20. The zero-order valence-electron chi connectivity index (χ0n) is 12.1. The summed E-state index contributed by atoms with van der Waals surface area (Å²) in [7, 11) is -0.509. The van der Waals surface area contributed by atoms with E-state index in [9.17, 15) is 0 Å². The quantitative estimate of drug-likeness (QED) is 0.681. The lowest BCUT2D eigenvalue weighted by atomic mass is 9.91. The third-order valence-corrected chi connectivity index (χ3v) is 9.57. The van der Waals surface area contributed by atoms with Crippen LogP contribution in [-0.4, -0.2) is 25.6 Å². The molecule has 0 spiro atoms. The maximum absolute atomic E-state index is 3.20. The van der Waals surface area contributed by atoms with Crippen LogP contribution in [0.2, 0.25) is 12.1 Å². The molecule has 0 bridgehead atoms. The molecule has 3 fully saturated rings. The second kappa shape index (κ2) is 6.56. The molecule has 0 aromatic carbocycles. The molecule has 1 nitrogen and oxygen atoms in total. The van der Waals surface area contributed by atoms with Crippen LogP contribution in [0.1, 0.15) is 77.0 Å². The van der Waals surface area contributed by atoms with Crippen molar-refractivity contribution < 1.29 is 0 Å². The lowest BCUT2D eigenvalue weighted by Crippen LogP contribution is -2.52. The Kier molecular flexibility index (Phi) is 4.80. The third-order valence-electron chi connectivity index (χ3n) is 5.74.